The largest absolute Gasteiger partial charge is 0.463 e. The molecule has 18 heavy (non-hydrogen) atoms. The van der Waals surface area contributed by atoms with E-state index in [0.29, 0.717) is 30.1 Å². The average Bonchev–Trinajstić information content (AvgIpc) is 2.80. The van der Waals surface area contributed by atoms with Crippen molar-refractivity contribution in [2.75, 3.05) is 12.3 Å². The Morgan fingerprint density at radius 1 is 1.61 bits per heavy atom. The summed E-state index contributed by atoms with van der Waals surface area (Å²) in [5.74, 6) is -1.01. The first-order valence-electron chi connectivity index (χ1n) is 5.64. The first-order chi connectivity index (χ1) is 8.49. The van der Waals surface area contributed by atoms with Crippen LogP contribution >= 0.6 is 0 Å². The number of rotatable bonds is 3. The van der Waals surface area contributed by atoms with Crippen molar-refractivity contribution in [2.45, 2.75) is 32.9 Å². The van der Waals surface area contributed by atoms with Gasteiger partial charge in [-0.1, -0.05) is 0 Å². The lowest BCUT2D eigenvalue weighted by Gasteiger charge is -2.09. The third-order valence-corrected chi connectivity index (χ3v) is 2.88. The predicted molar refractivity (Wildman–Crippen MR) is 61.6 cm³/mol. The van der Waals surface area contributed by atoms with Crippen LogP contribution in [0.4, 0.5) is 5.69 Å². The summed E-state index contributed by atoms with van der Waals surface area (Å²) in [5.41, 5.74) is 7.69. The van der Waals surface area contributed by atoms with Crippen LogP contribution in [0.25, 0.3) is 0 Å². The number of nitrogens with zero attached hydrogens (tertiary/aromatic N) is 2. The van der Waals surface area contributed by atoms with Crippen LogP contribution in [0.2, 0.25) is 0 Å². The molecule has 2 N–H and O–H groups in total. The molecule has 0 aromatic carbocycles. The first kappa shape index (κ1) is 12.4. The first-order valence-corrected chi connectivity index (χ1v) is 5.64. The van der Waals surface area contributed by atoms with Gasteiger partial charge in [-0.25, -0.2) is 4.79 Å². The number of esters is 2. The molecule has 0 saturated carbocycles. The number of nitrogens with two attached hydrogens (primary N) is 1. The Hall–Kier alpha value is -2.05. The lowest BCUT2D eigenvalue weighted by atomic mass is 10.3. The molecule has 0 radical (unpaired) electrons. The van der Waals surface area contributed by atoms with Crippen molar-refractivity contribution >= 4 is 17.6 Å². The Bertz CT molecular complexity index is 495. The summed E-state index contributed by atoms with van der Waals surface area (Å²) >= 11 is 0. The van der Waals surface area contributed by atoms with E-state index in [4.69, 9.17) is 15.2 Å². The van der Waals surface area contributed by atoms with Gasteiger partial charge in [0.2, 0.25) is 6.10 Å². The van der Waals surface area contributed by atoms with E-state index in [-0.39, 0.29) is 6.54 Å². The smallest absolute Gasteiger partial charge is 0.347 e. The number of aryl methyl sites for hydroxylation is 1. The molecule has 0 amide bonds. The van der Waals surface area contributed by atoms with E-state index < -0.39 is 18.0 Å². The molecule has 7 heteroatoms. The quantitative estimate of drug-likeness (QED) is 0.758. The number of hydrogen-bond acceptors (Lipinski definition) is 6. The Morgan fingerprint density at radius 2 is 2.33 bits per heavy atom. The van der Waals surface area contributed by atoms with Crippen molar-refractivity contribution in [1.29, 1.82) is 0 Å². The number of cyclic esters (lactones) is 1. The highest BCUT2D eigenvalue weighted by atomic mass is 16.6. The highest BCUT2D eigenvalue weighted by Gasteiger charge is 2.30. The Balaban J connectivity index is 1.98. The highest BCUT2D eigenvalue weighted by molar-refractivity contribution is 5.80. The lowest BCUT2D eigenvalue weighted by molar-refractivity contribution is -0.160. The van der Waals surface area contributed by atoms with E-state index in [0.717, 1.165) is 0 Å². The van der Waals surface area contributed by atoms with Crippen LogP contribution in [-0.2, 0) is 25.6 Å². The number of carbonyl (C=O) groups is 2. The molecule has 1 fully saturated rings. The molecule has 0 spiro atoms. The number of hydrogen-bond donors (Lipinski definition) is 1. The SMILES string of the molecule is Cc1nn(CC(=O)OC2CCOC2=O)c(C)c1N. The molecule has 1 aliphatic rings. The fraction of sp³-hybridized carbons (Fsp3) is 0.545. The van der Waals surface area contributed by atoms with E-state index >= 15 is 0 Å². The van der Waals surface area contributed by atoms with E-state index in [1.807, 2.05) is 0 Å². The standard InChI is InChI=1S/C11H15N3O4/c1-6-10(12)7(2)14(13-6)5-9(15)18-8-3-4-17-11(8)16/h8H,3-5,12H2,1-2H3. The van der Waals surface area contributed by atoms with Crippen molar-refractivity contribution in [1.82, 2.24) is 9.78 Å². The second-order valence-electron chi connectivity index (χ2n) is 4.18. The molecule has 0 aliphatic carbocycles. The number of nitrogen functional groups attached to an aromatic ring is 1. The zero-order valence-electron chi connectivity index (χ0n) is 10.3. The van der Waals surface area contributed by atoms with E-state index in [1.165, 1.54) is 4.68 Å². The third-order valence-electron chi connectivity index (χ3n) is 2.88. The topological polar surface area (TPSA) is 96.4 Å². The second kappa shape index (κ2) is 4.67. The molecular formula is C11H15N3O4. The van der Waals surface area contributed by atoms with Gasteiger partial charge in [0.05, 0.1) is 23.7 Å². The van der Waals surface area contributed by atoms with Crippen LogP contribution in [0, 0.1) is 13.8 Å². The van der Waals surface area contributed by atoms with Gasteiger partial charge in [-0.3, -0.25) is 9.48 Å². The van der Waals surface area contributed by atoms with Crippen molar-refractivity contribution in [3.05, 3.63) is 11.4 Å². The summed E-state index contributed by atoms with van der Waals surface area (Å²) < 4.78 is 11.2. The number of carbonyl (C=O) groups excluding carboxylic acids is 2. The summed E-state index contributed by atoms with van der Waals surface area (Å²) in [6, 6.07) is 0. The maximum absolute atomic E-state index is 11.7. The van der Waals surface area contributed by atoms with Crippen LogP contribution in [-0.4, -0.2) is 34.4 Å². The molecule has 2 rings (SSSR count). The molecule has 1 aromatic rings. The third kappa shape index (κ3) is 2.29. The zero-order chi connectivity index (χ0) is 13.3. The minimum Gasteiger partial charge on any atom is -0.463 e. The van der Waals surface area contributed by atoms with Crippen molar-refractivity contribution in [3.8, 4) is 0 Å². The minimum atomic E-state index is -0.785. The molecule has 1 saturated heterocycles. The van der Waals surface area contributed by atoms with Gasteiger partial charge < -0.3 is 15.2 Å². The summed E-state index contributed by atoms with van der Waals surface area (Å²) in [6.07, 6.45) is -0.379. The molecule has 1 aromatic heterocycles. The van der Waals surface area contributed by atoms with Gasteiger partial charge in [-0.05, 0) is 13.8 Å². The monoisotopic (exact) mass is 253 g/mol. The molecule has 98 valence electrons. The lowest BCUT2D eigenvalue weighted by Crippen LogP contribution is -2.25. The van der Waals surface area contributed by atoms with Crippen molar-refractivity contribution in [3.63, 3.8) is 0 Å². The van der Waals surface area contributed by atoms with E-state index in [1.54, 1.807) is 13.8 Å². The van der Waals surface area contributed by atoms with E-state index in [2.05, 4.69) is 5.10 Å². The average molecular weight is 253 g/mol. The van der Waals surface area contributed by atoms with Gasteiger partial charge in [0, 0.05) is 6.42 Å². The summed E-state index contributed by atoms with van der Waals surface area (Å²) in [5, 5.41) is 4.12. The van der Waals surface area contributed by atoms with Crippen LogP contribution in [0.3, 0.4) is 0 Å². The molecule has 1 unspecified atom stereocenters. The molecule has 1 atom stereocenters. The summed E-state index contributed by atoms with van der Waals surface area (Å²) in [4.78, 5) is 22.8. The number of anilines is 1. The maximum Gasteiger partial charge on any atom is 0.347 e. The van der Waals surface area contributed by atoms with E-state index in [9.17, 15) is 9.59 Å². The van der Waals surface area contributed by atoms with Gasteiger partial charge in [0.15, 0.2) is 0 Å². The minimum absolute atomic E-state index is 0.0619. The Morgan fingerprint density at radius 3 is 2.83 bits per heavy atom. The molecule has 7 nitrogen and oxygen atoms in total. The van der Waals surface area contributed by atoms with Crippen LogP contribution in [0.15, 0.2) is 0 Å². The molecular weight excluding hydrogens is 238 g/mol. The molecule has 1 aliphatic heterocycles. The highest BCUT2D eigenvalue weighted by Crippen LogP contribution is 2.15. The van der Waals surface area contributed by atoms with Gasteiger partial charge >= 0.3 is 11.9 Å². The fourth-order valence-electron chi connectivity index (χ4n) is 1.77. The van der Waals surface area contributed by atoms with Crippen LogP contribution in [0.5, 0.6) is 0 Å². The predicted octanol–water partition coefficient (Wildman–Crippen LogP) is -0.0592. The van der Waals surface area contributed by atoms with Crippen LogP contribution in [0.1, 0.15) is 17.8 Å². The second-order valence-corrected chi connectivity index (χ2v) is 4.18. The Labute approximate surface area is 104 Å². The molecule has 0 bridgehead atoms. The number of ether oxygens (including phenoxy) is 2. The van der Waals surface area contributed by atoms with Gasteiger partial charge in [0.1, 0.15) is 6.54 Å². The zero-order valence-corrected chi connectivity index (χ0v) is 10.3. The number of aromatic nitrogens is 2. The van der Waals surface area contributed by atoms with Gasteiger partial charge in [-0.15, -0.1) is 0 Å². The summed E-state index contributed by atoms with van der Waals surface area (Å²) in [7, 11) is 0. The van der Waals surface area contributed by atoms with Crippen LogP contribution < -0.4 is 5.73 Å². The maximum atomic E-state index is 11.7. The normalized spacial score (nSPS) is 18.8. The fourth-order valence-corrected chi connectivity index (χ4v) is 1.77. The van der Waals surface area contributed by atoms with Gasteiger partial charge in [0.25, 0.3) is 0 Å². The van der Waals surface area contributed by atoms with Gasteiger partial charge in [-0.2, -0.15) is 5.10 Å². The Kier molecular flexibility index (Phi) is 3.22. The van der Waals surface area contributed by atoms with Crippen molar-refractivity contribution < 1.29 is 19.1 Å². The summed E-state index contributed by atoms with van der Waals surface area (Å²) in [6.45, 7) is 3.77. The van der Waals surface area contributed by atoms with Crippen molar-refractivity contribution in [2.24, 2.45) is 0 Å². The molecule has 2 heterocycles.